The summed E-state index contributed by atoms with van der Waals surface area (Å²) >= 11 is 0. The van der Waals surface area contributed by atoms with E-state index in [4.69, 9.17) is 0 Å². The van der Waals surface area contributed by atoms with Crippen LogP contribution in [0, 0.1) is 6.92 Å². The van der Waals surface area contributed by atoms with E-state index in [9.17, 15) is 0 Å². The van der Waals surface area contributed by atoms with Gasteiger partial charge in [0.2, 0.25) is 0 Å². The molecule has 118 valence electrons. The standard InChI is InChI=1S/C18H21N5/c1-14-8-7-11-16(12-14)23-17(20-21-22-23)18(2,3)19-13-15-9-5-4-6-10-15/h4-12,19H,13H2,1-3H3. The van der Waals surface area contributed by atoms with E-state index in [2.05, 4.69) is 65.9 Å². The number of nitrogens with one attached hydrogen (secondary N) is 1. The van der Waals surface area contributed by atoms with Gasteiger partial charge >= 0.3 is 0 Å². The molecule has 0 saturated carbocycles. The predicted octanol–water partition coefficient (Wildman–Crippen LogP) is 3.00. The second kappa shape index (κ2) is 6.30. The van der Waals surface area contributed by atoms with E-state index >= 15 is 0 Å². The summed E-state index contributed by atoms with van der Waals surface area (Å²) in [7, 11) is 0. The van der Waals surface area contributed by atoms with Crippen molar-refractivity contribution in [3.8, 4) is 5.69 Å². The molecule has 23 heavy (non-hydrogen) atoms. The maximum Gasteiger partial charge on any atom is 0.176 e. The summed E-state index contributed by atoms with van der Waals surface area (Å²) in [5.41, 5.74) is 3.03. The number of aromatic nitrogens is 4. The maximum atomic E-state index is 4.25. The smallest absolute Gasteiger partial charge is 0.176 e. The molecule has 0 aliphatic carbocycles. The Balaban J connectivity index is 1.85. The first kappa shape index (κ1) is 15.4. The zero-order valence-corrected chi connectivity index (χ0v) is 13.7. The lowest BCUT2D eigenvalue weighted by Gasteiger charge is -2.25. The second-order valence-corrected chi connectivity index (χ2v) is 6.22. The third kappa shape index (κ3) is 3.46. The minimum absolute atomic E-state index is 0.358. The molecule has 0 atom stereocenters. The number of aryl methyl sites for hydroxylation is 1. The zero-order chi connectivity index (χ0) is 16.3. The summed E-state index contributed by atoms with van der Waals surface area (Å²) in [5, 5.41) is 15.8. The summed E-state index contributed by atoms with van der Waals surface area (Å²) in [6.45, 7) is 7.00. The zero-order valence-electron chi connectivity index (χ0n) is 13.7. The van der Waals surface area contributed by atoms with Crippen molar-refractivity contribution in [1.82, 2.24) is 25.5 Å². The number of hydrogen-bond acceptors (Lipinski definition) is 4. The van der Waals surface area contributed by atoms with Crippen LogP contribution < -0.4 is 5.32 Å². The molecule has 2 aromatic carbocycles. The van der Waals surface area contributed by atoms with E-state index < -0.39 is 0 Å². The Morgan fingerprint density at radius 2 is 1.83 bits per heavy atom. The van der Waals surface area contributed by atoms with E-state index in [-0.39, 0.29) is 5.54 Å². The molecule has 0 fully saturated rings. The summed E-state index contributed by atoms with van der Waals surface area (Å²) in [5.74, 6) is 0.791. The lowest BCUT2D eigenvalue weighted by Crippen LogP contribution is -2.38. The van der Waals surface area contributed by atoms with Gasteiger partial charge in [-0.3, -0.25) is 0 Å². The molecule has 0 aliphatic rings. The molecule has 1 heterocycles. The Labute approximate surface area is 136 Å². The van der Waals surface area contributed by atoms with Crippen molar-refractivity contribution >= 4 is 0 Å². The van der Waals surface area contributed by atoms with Crippen molar-refractivity contribution in [2.24, 2.45) is 0 Å². The third-order valence-corrected chi connectivity index (χ3v) is 3.85. The first-order valence-electron chi connectivity index (χ1n) is 7.71. The van der Waals surface area contributed by atoms with Crippen molar-refractivity contribution in [1.29, 1.82) is 0 Å². The first-order valence-corrected chi connectivity index (χ1v) is 7.71. The molecular formula is C18H21N5. The van der Waals surface area contributed by atoms with Gasteiger partial charge < -0.3 is 5.32 Å². The van der Waals surface area contributed by atoms with Crippen LogP contribution in [0.15, 0.2) is 54.6 Å². The van der Waals surface area contributed by atoms with Gasteiger partial charge in [0, 0.05) is 6.54 Å². The Morgan fingerprint density at radius 3 is 2.57 bits per heavy atom. The Kier molecular flexibility index (Phi) is 4.21. The van der Waals surface area contributed by atoms with Gasteiger partial charge in [-0.1, -0.05) is 42.5 Å². The van der Waals surface area contributed by atoms with Crippen molar-refractivity contribution in [2.75, 3.05) is 0 Å². The highest BCUT2D eigenvalue weighted by atomic mass is 15.6. The second-order valence-electron chi connectivity index (χ2n) is 6.22. The Morgan fingerprint density at radius 1 is 1.04 bits per heavy atom. The number of rotatable bonds is 5. The van der Waals surface area contributed by atoms with Gasteiger partial charge in [0.15, 0.2) is 5.82 Å². The molecule has 1 N–H and O–H groups in total. The fourth-order valence-corrected chi connectivity index (χ4v) is 2.51. The molecule has 0 spiro atoms. The van der Waals surface area contributed by atoms with Crippen LogP contribution in [0.25, 0.3) is 5.69 Å². The average Bonchev–Trinajstić information content (AvgIpc) is 3.05. The molecule has 0 aliphatic heterocycles. The normalized spacial score (nSPS) is 11.6. The summed E-state index contributed by atoms with van der Waals surface area (Å²) < 4.78 is 1.80. The van der Waals surface area contributed by atoms with Gasteiger partial charge in [-0.2, -0.15) is 4.68 Å². The molecule has 3 aromatic rings. The van der Waals surface area contributed by atoms with Crippen LogP contribution in [-0.4, -0.2) is 20.2 Å². The molecule has 3 rings (SSSR count). The minimum Gasteiger partial charge on any atom is -0.301 e. The highest BCUT2D eigenvalue weighted by Crippen LogP contribution is 2.21. The molecule has 1 aromatic heterocycles. The topological polar surface area (TPSA) is 55.6 Å². The van der Waals surface area contributed by atoms with Gasteiger partial charge in [-0.25, -0.2) is 0 Å². The Bertz CT molecular complexity index is 777. The first-order chi connectivity index (χ1) is 11.1. The van der Waals surface area contributed by atoms with E-state index in [1.807, 2.05) is 30.3 Å². The summed E-state index contributed by atoms with van der Waals surface area (Å²) in [6, 6.07) is 18.5. The highest BCUT2D eigenvalue weighted by molar-refractivity contribution is 5.35. The minimum atomic E-state index is -0.358. The fraction of sp³-hybridized carbons (Fsp3) is 0.278. The Hall–Kier alpha value is -2.53. The molecule has 0 radical (unpaired) electrons. The largest absolute Gasteiger partial charge is 0.301 e. The fourth-order valence-electron chi connectivity index (χ4n) is 2.51. The van der Waals surface area contributed by atoms with Crippen LogP contribution in [0.1, 0.15) is 30.8 Å². The highest BCUT2D eigenvalue weighted by Gasteiger charge is 2.27. The summed E-state index contributed by atoms with van der Waals surface area (Å²) in [4.78, 5) is 0. The van der Waals surface area contributed by atoms with Crippen LogP contribution in [0.5, 0.6) is 0 Å². The van der Waals surface area contributed by atoms with E-state index in [1.165, 1.54) is 11.1 Å². The lowest BCUT2D eigenvalue weighted by molar-refractivity contribution is 0.370. The van der Waals surface area contributed by atoms with E-state index in [1.54, 1.807) is 4.68 Å². The van der Waals surface area contributed by atoms with Gasteiger partial charge in [0.25, 0.3) is 0 Å². The number of hydrogen-bond donors (Lipinski definition) is 1. The van der Waals surface area contributed by atoms with Crippen molar-refractivity contribution in [2.45, 2.75) is 32.9 Å². The average molecular weight is 307 g/mol. The SMILES string of the molecule is Cc1cccc(-n2nnnc2C(C)(C)NCc2ccccc2)c1. The van der Waals surface area contributed by atoms with Crippen LogP contribution >= 0.6 is 0 Å². The summed E-state index contributed by atoms with van der Waals surface area (Å²) in [6.07, 6.45) is 0. The molecule has 0 amide bonds. The van der Waals surface area contributed by atoms with Gasteiger partial charge in [0.1, 0.15) is 0 Å². The van der Waals surface area contributed by atoms with E-state index in [0.29, 0.717) is 0 Å². The van der Waals surface area contributed by atoms with Crippen molar-refractivity contribution in [3.63, 3.8) is 0 Å². The number of nitrogens with zero attached hydrogens (tertiary/aromatic N) is 4. The van der Waals surface area contributed by atoms with Crippen LogP contribution in [0.3, 0.4) is 0 Å². The van der Waals surface area contributed by atoms with Crippen LogP contribution in [-0.2, 0) is 12.1 Å². The monoisotopic (exact) mass is 307 g/mol. The van der Waals surface area contributed by atoms with Crippen molar-refractivity contribution in [3.05, 3.63) is 71.5 Å². The number of tetrazole rings is 1. The van der Waals surface area contributed by atoms with E-state index in [0.717, 1.165) is 18.1 Å². The maximum absolute atomic E-state index is 4.25. The number of benzene rings is 2. The molecule has 0 bridgehead atoms. The van der Waals surface area contributed by atoms with Crippen molar-refractivity contribution < 1.29 is 0 Å². The van der Waals surface area contributed by atoms with Crippen LogP contribution in [0.2, 0.25) is 0 Å². The predicted molar refractivity (Wildman–Crippen MR) is 90.2 cm³/mol. The molecule has 5 heteroatoms. The van der Waals surface area contributed by atoms with Gasteiger partial charge in [-0.15, -0.1) is 5.10 Å². The quantitative estimate of drug-likeness (QED) is 0.787. The molecule has 0 unspecified atom stereocenters. The van der Waals surface area contributed by atoms with Crippen LogP contribution in [0.4, 0.5) is 0 Å². The van der Waals surface area contributed by atoms with Gasteiger partial charge in [-0.05, 0) is 54.5 Å². The van der Waals surface area contributed by atoms with Gasteiger partial charge in [0.05, 0.1) is 11.2 Å². The third-order valence-electron chi connectivity index (χ3n) is 3.85. The molecular weight excluding hydrogens is 286 g/mol. The lowest BCUT2D eigenvalue weighted by atomic mass is 10.0. The molecule has 5 nitrogen and oxygen atoms in total. The molecule has 0 saturated heterocycles.